The van der Waals surface area contributed by atoms with Crippen molar-refractivity contribution in [3.8, 4) is 0 Å². The van der Waals surface area contributed by atoms with Gasteiger partial charge in [0.15, 0.2) is 0 Å². The van der Waals surface area contributed by atoms with Crippen molar-refractivity contribution >= 4 is 17.6 Å². The monoisotopic (exact) mass is 311 g/mol. The van der Waals surface area contributed by atoms with Crippen molar-refractivity contribution in [2.24, 2.45) is 0 Å². The number of carbonyl (C=O) groups excluding carboxylic acids is 1. The molecule has 2 N–H and O–H groups in total. The van der Waals surface area contributed by atoms with Gasteiger partial charge in [-0.25, -0.2) is 4.79 Å². The molecule has 0 bridgehead atoms. The van der Waals surface area contributed by atoms with Crippen molar-refractivity contribution in [3.63, 3.8) is 0 Å². The molecule has 5 heteroatoms. The highest BCUT2D eigenvalue weighted by Crippen LogP contribution is 2.34. The summed E-state index contributed by atoms with van der Waals surface area (Å²) in [5.41, 5.74) is 4.13. The smallest absolute Gasteiger partial charge is 0.335 e. The van der Waals surface area contributed by atoms with Crippen LogP contribution in [0.1, 0.15) is 39.5 Å². The molecule has 2 aromatic rings. The number of ether oxygens (including phenoxy) is 1. The van der Waals surface area contributed by atoms with Crippen molar-refractivity contribution in [1.29, 1.82) is 0 Å². The highest BCUT2D eigenvalue weighted by atomic mass is 16.5. The van der Waals surface area contributed by atoms with Crippen molar-refractivity contribution < 1.29 is 19.4 Å². The van der Waals surface area contributed by atoms with Gasteiger partial charge in [0.2, 0.25) is 0 Å². The Hall–Kier alpha value is -2.82. The first kappa shape index (κ1) is 15.1. The molecule has 0 aromatic heterocycles. The number of carbonyl (C=O) groups is 2. The molecule has 3 rings (SSSR count). The topological polar surface area (TPSA) is 75.6 Å². The summed E-state index contributed by atoms with van der Waals surface area (Å²) in [4.78, 5) is 22.9. The molecule has 1 atom stereocenters. The van der Waals surface area contributed by atoms with Crippen LogP contribution in [0.5, 0.6) is 0 Å². The lowest BCUT2D eigenvalue weighted by Gasteiger charge is -2.19. The number of methoxy groups -OCH3 is 1. The molecule has 1 heterocycles. The van der Waals surface area contributed by atoms with Gasteiger partial charge in [-0.15, -0.1) is 0 Å². The second-order valence-electron chi connectivity index (χ2n) is 5.53. The number of benzene rings is 2. The van der Waals surface area contributed by atoms with Gasteiger partial charge in [-0.05, 0) is 41.3 Å². The van der Waals surface area contributed by atoms with Gasteiger partial charge in [0.1, 0.15) is 0 Å². The van der Waals surface area contributed by atoms with Crippen LogP contribution >= 0.6 is 0 Å². The number of fused-ring (bicyclic) bond motifs is 2. The highest BCUT2D eigenvalue weighted by molar-refractivity contribution is 5.88. The van der Waals surface area contributed by atoms with Crippen molar-refractivity contribution in [1.82, 2.24) is 0 Å². The molecule has 0 fully saturated rings. The van der Waals surface area contributed by atoms with Crippen LogP contribution in [0.3, 0.4) is 0 Å². The zero-order chi connectivity index (χ0) is 16.4. The molecule has 0 aliphatic carbocycles. The molecular weight excluding hydrogens is 294 g/mol. The maximum Gasteiger partial charge on any atom is 0.335 e. The normalized spacial score (nSPS) is 15.6. The lowest BCUT2D eigenvalue weighted by molar-refractivity contribution is -0.140. The first-order valence-corrected chi connectivity index (χ1v) is 7.36. The Morgan fingerprint density at radius 2 is 2.00 bits per heavy atom. The summed E-state index contributed by atoms with van der Waals surface area (Å²) in [6.07, 6.45) is 0.838. The van der Waals surface area contributed by atoms with E-state index in [2.05, 4.69) is 5.32 Å². The molecule has 0 saturated carbocycles. The zero-order valence-electron chi connectivity index (χ0n) is 12.7. The number of rotatable bonds is 3. The number of nitrogens with one attached hydrogen (secondary N) is 1. The van der Waals surface area contributed by atoms with Gasteiger partial charge in [0, 0.05) is 5.69 Å². The van der Waals surface area contributed by atoms with Crippen molar-refractivity contribution in [2.75, 3.05) is 12.4 Å². The quantitative estimate of drug-likeness (QED) is 0.852. The van der Waals surface area contributed by atoms with E-state index in [4.69, 9.17) is 4.74 Å². The lowest BCUT2D eigenvalue weighted by atomic mass is 9.95. The number of anilines is 1. The molecule has 1 unspecified atom stereocenters. The molecule has 2 aromatic carbocycles. The van der Waals surface area contributed by atoms with Gasteiger partial charge in [0.25, 0.3) is 0 Å². The highest BCUT2D eigenvalue weighted by Gasteiger charge is 2.24. The van der Waals surface area contributed by atoms with Gasteiger partial charge in [-0.3, -0.25) is 4.79 Å². The summed E-state index contributed by atoms with van der Waals surface area (Å²) in [6.45, 7) is 0. The van der Waals surface area contributed by atoms with Gasteiger partial charge < -0.3 is 15.2 Å². The third-order valence-electron chi connectivity index (χ3n) is 4.09. The first-order valence-electron chi connectivity index (χ1n) is 7.36. The average molecular weight is 311 g/mol. The minimum absolute atomic E-state index is 0.199. The number of aromatic carboxylic acids is 1. The second kappa shape index (κ2) is 6.12. The molecule has 1 aliphatic heterocycles. The Labute approximate surface area is 133 Å². The SMILES string of the molecule is COC(=O)CC1Nc2ccc(C(=O)O)cc2Cc2ccccc21. The molecule has 5 nitrogen and oxygen atoms in total. The maximum absolute atomic E-state index is 11.7. The fraction of sp³-hybridized carbons (Fsp3) is 0.222. The number of hydrogen-bond acceptors (Lipinski definition) is 4. The third-order valence-corrected chi connectivity index (χ3v) is 4.09. The fourth-order valence-electron chi connectivity index (χ4n) is 2.93. The second-order valence-corrected chi connectivity index (χ2v) is 5.53. The Morgan fingerprint density at radius 3 is 2.74 bits per heavy atom. The predicted octanol–water partition coefficient (Wildman–Crippen LogP) is 3.01. The van der Waals surface area contributed by atoms with Gasteiger partial charge >= 0.3 is 11.9 Å². The van der Waals surface area contributed by atoms with Crippen LogP contribution in [0.2, 0.25) is 0 Å². The van der Waals surface area contributed by atoms with Crippen LogP contribution in [-0.2, 0) is 16.0 Å². The van der Waals surface area contributed by atoms with E-state index in [0.29, 0.717) is 6.42 Å². The Balaban J connectivity index is 2.05. The van der Waals surface area contributed by atoms with Crippen LogP contribution in [0.15, 0.2) is 42.5 Å². The van der Waals surface area contributed by atoms with E-state index in [1.165, 1.54) is 7.11 Å². The first-order chi connectivity index (χ1) is 11.1. The lowest BCUT2D eigenvalue weighted by Crippen LogP contribution is -2.16. The van der Waals surface area contributed by atoms with Crippen LogP contribution in [0.4, 0.5) is 5.69 Å². The average Bonchev–Trinajstić information content (AvgIpc) is 2.70. The Kier molecular flexibility index (Phi) is 4.02. The van der Waals surface area contributed by atoms with Gasteiger partial charge in [-0.2, -0.15) is 0 Å². The molecule has 0 saturated heterocycles. The Morgan fingerprint density at radius 1 is 1.22 bits per heavy atom. The Bertz CT molecular complexity index is 769. The van der Waals surface area contributed by atoms with Crippen LogP contribution in [-0.4, -0.2) is 24.2 Å². The van der Waals surface area contributed by atoms with Crippen LogP contribution < -0.4 is 5.32 Å². The minimum Gasteiger partial charge on any atom is -0.478 e. The van der Waals surface area contributed by atoms with E-state index < -0.39 is 5.97 Å². The van der Waals surface area contributed by atoms with E-state index in [9.17, 15) is 14.7 Å². The number of hydrogen-bond donors (Lipinski definition) is 2. The summed E-state index contributed by atoms with van der Waals surface area (Å²) < 4.78 is 4.79. The molecule has 0 radical (unpaired) electrons. The fourth-order valence-corrected chi connectivity index (χ4v) is 2.93. The number of carboxylic acid groups (broad SMARTS) is 1. The largest absolute Gasteiger partial charge is 0.478 e. The molecule has 23 heavy (non-hydrogen) atoms. The standard InChI is InChI=1S/C18H17NO4/c1-23-17(20)10-16-14-5-3-2-4-11(14)8-13-9-12(18(21)22)6-7-15(13)19-16/h2-7,9,16,19H,8,10H2,1H3,(H,21,22). The predicted molar refractivity (Wildman–Crippen MR) is 85.6 cm³/mol. The van der Waals surface area contributed by atoms with E-state index in [1.54, 1.807) is 18.2 Å². The molecule has 118 valence electrons. The van der Waals surface area contributed by atoms with E-state index in [-0.39, 0.29) is 24.0 Å². The summed E-state index contributed by atoms with van der Waals surface area (Å²) in [5.74, 6) is -1.24. The van der Waals surface area contributed by atoms with E-state index in [1.807, 2.05) is 24.3 Å². The molecule has 0 spiro atoms. The van der Waals surface area contributed by atoms with Crippen LogP contribution in [0, 0.1) is 0 Å². The molecular formula is C18H17NO4. The van der Waals surface area contributed by atoms with Crippen molar-refractivity contribution in [2.45, 2.75) is 18.9 Å². The zero-order valence-corrected chi connectivity index (χ0v) is 12.7. The van der Waals surface area contributed by atoms with E-state index in [0.717, 1.165) is 22.4 Å². The molecule has 1 aliphatic rings. The maximum atomic E-state index is 11.7. The number of esters is 1. The van der Waals surface area contributed by atoms with Gasteiger partial charge in [0.05, 0.1) is 25.1 Å². The van der Waals surface area contributed by atoms with Crippen molar-refractivity contribution in [3.05, 3.63) is 64.7 Å². The summed E-state index contributed by atoms with van der Waals surface area (Å²) in [6, 6.07) is 12.7. The van der Waals surface area contributed by atoms with E-state index >= 15 is 0 Å². The summed E-state index contributed by atoms with van der Waals surface area (Å²) in [7, 11) is 1.37. The number of carboxylic acids is 1. The summed E-state index contributed by atoms with van der Waals surface area (Å²) >= 11 is 0. The summed E-state index contributed by atoms with van der Waals surface area (Å²) in [5, 5.41) is 12.5. The van der Waals surface area contributed by atoms with Crippen LogP contribution in [0.25, 0.3) is 0 Å². The minimum atomic E-state index is -0.948. The van der Waals surface area contributed by atoms with Gasteiger partial charge in [-0.1, -0.05) is 24.3 Å². The third kappa shape index (κ3) is 3.04. The molecule has 0 amide bonds.